The number of halogens is 4. The van der Waals surface area contributed by atoms with Gasteiger partial charge in [0.2, 0.25) is 0 Å². The van der Waals surface area contributed by atoms with Gasteiger partial charge in [-0.1, -0.05) is 17.7 Å². The van der Waals surface area contributed by atoms with Crippen molar-refractivity contribution >= 4 is 17.5 Å². The lowest BCUT2D eigenvalue weighted by molar-refractivity contribution is -0.137. The molecule has 1 aliphatic heterocycles. The molecule has 150 valence electrons. The highest BCUT2D eigenvalue weighted by atomic mass is 35.5. The van der Waals surface area contributed by atoms with Gasteiger partial charge in [-0.05, 0) is 31.0 Å². The minimum absolute atomic E-state index is 0.0115. The zero-order valence-corrected chi connectivity index (χ0v) is 15.4. The summed E-state index contributed by atoms with van der Waals surface area (Å²) in [6, 6.07) is 4.60. The van der Waals surface area contributed by atoms with Crippen molar-refractivity contribution in [1.82, 2.24) is 14.9 Å². The van der Waals surface area contributed by atoms with Gasteiger partial charge in [-0.25, -0.2) is 9.97 Å². The number of amides is 1. The highest BCUT2D eigenvalue weighted by molar-refractivity contribution is 6.30. The van der Waals surface area contributed by atoms with Gasteiger partial charge in [0.1, 0.15) is 11.9 Å². The first-order chi connectivity index (χ1) is 13.3. The molecule has 0 N–H and O–H groups in total. The van der Waals surface area contributed by atoms with Crippen LogP contribution in [0, 0.1) is 0 Å². The lowest BCUT2D eigenvalue weighted by Gasteiger charge is -2.32. The van der Waals surface area contributed by atoms with Crippen LogP contribution in [0.5, 0.6) is 11.8 Å². The molecule has 28 heavy (non-hydrogen) atoms. The van der Waals surface area contributed by atoms with E-state index in [0.717, 1.165) is 18.6 Å². The van der Waals surface area contributed by atoms with E-state index in [1.165, 1.54) is 24.5 Å². The molecular weight excluding hydrogens is 399 g/mol. The van der Waals surface area contributed by atoms with Crippen LogP contribution in [-0.4, -0.2) is 46.6 Å². The number of likely N-dealkylation sites (tertiary alicyclic amines) is 1. The smallest absolute Gasteiger partial charge is 0.416 e. The fraction of sp³-hybridized carbons (Fsp3) is 0.389. The number of ether oxygens (including phenoxy) is 2. The van der Waals surface area contributed by atoms with Crippen molar-refractivity contribution in [2.45, 2.75) is 25.1 Å². The normalized spacial score (nSPS) is 17.3. The van der Waals surface area contributed by atoms with E-state index in [-0.39, 0.29) is 30.4 Å². The van der Waals surface area contributed by atoms with Gasteiger partial charge in [-0.3, -0.25) is 4.79 Å². The zero-order chi connectivity index (χ0) is 20.1. The highest BCUT2D eigenvalue weighted by Gasteiger charge is 2.31. The second-order valence-electron chi connectivity index (χ2n) is 6.22. The molecule has 0 bridgehead atoms. The molecule has 1 aromatic heterocycles. The van der Waals surface area contributed by atoms with Crippen LogP contribution >= 0.6 is 11.6 Å². The van der Waals surface area contributed by atoms with Crippen LogP contribution < -0.4 is 9.47 Å². The Balaban J connectivity index is 1.53. The second-order valence-corrected chi connectivity index (χ2v) is 6.66. The van der Waals surface area contributed by atoms with Crippen molar-refractivity contribution in [3.05, 3.63) is 47.2 Å². The summed E-state index contributed by atoms with van der Waals surface area (Å²) in [5.74, 6) is -0.342. The number of hydrogen-bond acceptors (Lipinski definition) is 5. The lowest BCUT2D eigenvalue weighted by atomic mass is 10.1. The predicted octanol–water partition coefficient (Wildman–Crippen LogP) is 3.60. The molecule has 0 radical (unpaired) electrons. The summed E-state index contributed by atoms with van der Waals surface area (Å²) in [7, 11) is 0. The van der Waals surface area contributed by atoms with E-state index >= 15 is 0 Å². The van der Waals surface area contributed by atoms with Crippen LogP contribution in [0.3, 0.4) is 0 Å². The average Bonchev–Trinajstić information content (AvgIpc) is 2.68. The van der Waals surface area contributed by atoms with E-state index in [9.17, 15) is 18.0 Å². The topological polar surface area (TPSA) is 64.5 Å². The Labute approximate surface area is 164 Å². The summed E-state index contributed by atoms with van der Waals surface area (Å²) in [5, 5.41) is 0.388. The Morgan fingerprint density at radius 3 is 2.75 bits per heavy atom. The van der Waals surface area contributed by atoms with E-state index in [4.69, 9.17) is 21.1 Å². The van der Waals surface area contributed by atoms with Gasteiger partial charge in [0.05, 0.1) is 29.5 Å². The lowest BCUT2D eigenvalue weighted by Crippen LogP contribution is -2.46. The Morgan fingerprint density at radius 2 is 2.04 bits per heavy atom. The van der Waals surface area contributed by atoms with E-state index in [0.29, 0.717) is 24.5 Å². The van der Waals surface area contributed by atoms with Crippen LogP contribution in [0.15, 0.2) is 36.7 Å². The molecule has 2 aromatic rings. The summed E-state index contributed by atoms with van der Waals surface area (Å²) in [5.41, 5.74) is -0.827. The molecule has 1 fully saturated rings. The molecule has 0 unspecified atom stereocenters. The zero-order valence-electron chi connectivity index (χ0n) is 14.7. The van der Waals surface area contributed by atoms with Gasteiger partial charge in [0.25, 0.3) is 5.91 Å². The monoisotopic (exact) mass is 415 g/mol. The maximum absolute atomic E-state index is 12.7. The van der Waals surface area contributed by atoms with E-state index in [2.05, 4.69) is 9.97 Å². The minimum atomic E-state index is -4.47. The fourth-order valence-corrected chi connectivity index (χ4v) is 2.87. The van der Waals surface area contributed by atoms with Gasteiger partial charge < -0.3 is 14.4 Å². The third kappa shape index (κ3) is 5.48. The number of hydrogen-bond donors (Lipinski definition) is 0. The fourth-order valence-electron chi connectivity index (χ4n) is 2.77. The van der Waals surface area contributed by atoms with Crippen LogP contribution in [0.25, 0.3) is 0 Å². The van der Waals surface area contributed by atoms with Crippen LogP contribution in [0.1, 0.15) is 18.4 Å². The summed E-state index contributed by atoms with van der Waals surface area (Å²) in [4.78, 5) is 21.8. The summed E-state index contributed by atoms with van der Waals surface area (Å²) in [6.07, 6.45) is -0.480. The molecule has 10 heteroatoms. The second kappa shape index (κ2) is 8.64. The third-order valence-electron chi connectivity index (χ3n) is 4.12. The average molecular weight is 416 g/mol. The first-order valence-corrected chi connectivity index (χ1v) is 8.91. The van der Waals surface area contributed by atoms with Gasteiger partial charge in [0, 0.05) is 6.54 Å². The highest BCUT2D eigenvalue weighted by Crippen LogP contribution is 2.31. The summed E-state index contributed by atoms with van der Waals surface area (Å²) < 4.78 is 49.1. The molecule has 3 rings (SSSR count). The van der Waals surface area contributed by atoms with Crippen molar-refractivity contribution in [1.29, 1.82) is 0 Å². The van der Waals surface area contributed by atoms with Gasteiger partial charge in [0.15, 0.2) is 6.61 Å². The molecule has 1 atom stereocenters. The molecule has 0 spiro atoms. The van der Waals surface area contributed by atoms with Crippen molar-refractivity contribution in [2.75, 3.05) is 19.7 Å². The summed E-state index contributed by atoms with van der Waals surface area (Å²) >= 11 is 5.73. The predicted molar refractivity (Wildman–Crippen MR) is 94.2 cm³/mol. The molecule has 2 heterocycles. The largest absolute Gasteiger partial charge is 0.484 e. The quantitative estimate of drug-likeness (QED) is 0.746. The number of rotatable bonds is 5. The molecule has 1 amide bonds. The summed E-state index contributed by atoms with van der Waals surface area (Å²) in [6.45, 7) is 0.481. The van der Waals surface area contributed by atoms with Gasteiger partial charge in [-0.15, -0.1) is 0 Å². The van der Waals surface area contributed by atoms with Crippen LogP contribution in [-0.2, 0) is 11.0 Å². The number of nitrogens with zero attached hydrogens (tertiary/aromatic N) is 3. The van der Waals surface area contributed by atoms with E-state index < -0.39 is 11.7 Å². The van der Waals surface area contributed by atoms with Crippen molar-refractivity contribution < 1.29 is 27.4 Å². The first-order valence-electron chi connectivity index (χ1n) is 8.53. The molecule has 1 saturated heterocycles. The van der Waals surface area contributed by atoms with Crippen molar-refractivity contribution in [3.63, 3.8) is 0 Å². The molecule has 6 nitrogen and oxygen atoms in total. The number of piperidine rings is 1. The Hall–Kier alpha value is -2.55. The number of alkyl halides is 3. The molecule has 0 saturated carbocycles. The maximum atomic E-state index is 12.7. The third-order valence-corrected chi connectivity index (χ3v) is 4.32. The number of benzene rings is 1. The number of aromatic nitrogens is 2. The van der Waals surface area contributed by atoms with Gasteiger partial charge in [-0.2, -0.15) is 13.2 Å². The van der Waals surface area contributed by atoms with Crippen LogP contribution in [0.2, 0.25) is 5.02 Å². The van der Waals surface area contributed by atoms with Crippen molar-refractivity contribution in [2.24, 2.45) is 0 Å². The van der Waals surface area contributed by atoms with Gasteiger partial charge >= 0.3 is 12.2 Å². The SMILES string of the molecule is O=C(COc1cccc(C(F)(F)F)c1)N1CCC[C@@H](Oc2ncc(Cl)cn2)C1. The number of carbonyl (C=O) groups excluding carboxylic acids is 1. The maximum Gasteiger partial charge on any atom is 0.416 e. The molecule has 0 aliphatic carbocycles. The standard InChI is InChI=1S/C18H17ClF3N3O3/c19-13-8-23-17(24-9-13)28-15-5-2-6-25(10-15)16(26)11-27-14-4-1-3-12(7-14)18(20,21)22/h1,3-4,7-9,15H,2,5-6,10-11H2/t15-/m1/s1. The van der Waals surface area contributed by atoms with E-state index in [1.807, 2.05) is 0 Å². The molecular formula is C18H17ClF3N3O3. The Bertz CT molecular complexity index is 818. The van der Waals surface area contributed by atoms with E-state index in [1.54, 1.807) is 4.90 Å². The minimum Gasteiger partial charge on any atom is -0.484 e. The van der Waals surface area contributed by atoms with Crippen LogP contribution in [0.4, 0.5) is 13.2 Å². The molecule has 1 aromatic carbocycles. The first kappa shape index (κ1) is 20.2. The number of carbonyl (C=O) groups is 1. The van der Waals surface area contributed by atoms with Crippen molar-refractivity contribution in [3.8, 4) is 11.8 Å². The Morgan fingerprint density at radius 1 is 1.29 bits per heavy atom. The Kier molecular flexibility index (Phi) is 6.23. The molecule has 1 aliphatic rings.